The molecule has 0 saturated heterocycles. The van der Waals surface area contributed by atoms with Gasteiger partial charge in [-0.25, -0.2) is 8.42 Å². The Hall–Kier alpha value is -1.76. The average Bonchev–Trinajstić information content (AvgIpc) is 2.34. The molecular weight excluding hydrogens is 270 g/mol. The van der Waals surface area contributed by atoms with Crippen molar-refractivity contribution in [2.24, 2.45) is 0 Å². The van der Waals surface area contributed by atoms with E-state index in [0.717, 1.165) is 6.26 Å². The Morgan fingerprint density at radius 1 is 1.42 bits per heavy atom. The first-order chi connectivity index (χ1) is 8.83. The number of aromatic hydroxyl groups is 1. The highest BCUT2D eigenvalue weighted by Gasteiger charge is 2.12. The monoisotopic (exact) mass is 287 g/mol. The van der Waals surface area contributed by atoms with E-state index in [1.807, 2.05) is 0 Å². The Morgan fingerprint density at radius 3 is 2.68 bits per heavy atom. The number of phenols is 1. The van der Waals surface area contributed by atoms with E-state index in [9.17, 15) is 18.3 Å². The van der Waals surface area contributed by atoms with Crippen molar-refractivity contribution in [3.8, 4) is 11.5 Å². The molecule has 0 fully saturated rings. The molecular formula is C12H17NO5S. The molecule has 1 aromatic rings. The van der Waals surface area contributed by atoms with Gasteiger partial charge in [0.25, 0.3) is 5.91 Å². The molecule has 0 atom stereocenters. The molecule has 0 spiro atoms. The van der Waals surface area contributed by atoms with Crippen molar-refractivity contribution in [2.75, 3.05) is 25.7 Å². The van der Waals surface area contributed by atoms with Crippen molar-refractivity contribution in [1.29, 1.82) is 0 Å². The second-order valence-electron chi connectivity index (χ2n) is 4.12. The van der Waals surface area contributed by atoms with Gasteiger partial charge in [-0.2, -0.15) is 0 Å². The lowest BCUT2D eigenvalue weighted by Crippen LogP contribution is -2.26. The molecule has 7 heteroatoms. The molecule has 19 heavy (non-hydrogen) atoms. The van der Waals surface area contributed by atoms with Gasteiger partial charge in [-0.05, 0) is 24.6 Å². The lowest BCUT2D eigenvalue weighted by molar-refractivity contribution is 0.0950. The Balaban J connectivity index is 2.58. The van der Waals surface area contributed by atoms with Crippen LogP contribution < -0.4 is 10.1 Å². The Morgan fingerprint density at radius 2 is 2.11 bits per heavy atom. The molecule has 1 aromatic carbocycles. The van der Waals surface area contributed by atoms with Crippen LogP contribution >= 0.6 is 0 Å². The van der Waals surface area contributed by atoms with Crippen LogP contribution in [0.1, 0.15) is 16.8 Å². The molecule has 0 bridgehead atoms. The standard InChI is InChI=1S/C12H17NO5S/c1-18-9-4-5-11(14)10(8-9)12(15)13-6-3-7-19(2,16)17/h4-5,8,14H,3,6-7H2,1-2H3,(H,13,15). The first-order valence-electron chi connectivity index (χ1n) is 5.66. The quantitative estimate of drug-likeness (QED) is 0.746. The number of hydrogen-bond donors (Lipinski definition) is 2. The van der Waals surface area contributed by atoms with Crippen molar-refractivity contribution in [2.45, 2.75) is 6.42 Å². The second kappa shape index (κ2) is 6.42. The number of rotatable bonds is 6. The van der Waals surface area contributed by atoms with Gasteiger partial charge >= 0.3 is 0 Å². The predicted molar refractivity (Wildman–Crippen MR) is 71.3 cm³/mol. The molecule has 1 rings (SSSR count). The minimum atomic E-state index is -3.03. The molecule has 6 nitrogen and oxygen atoms in total. The number of benzene rings is 1. The van der Waals surface area contributed by atoms with Crippen molar-refractivity contribution < 1.29 is 23.1 Å². The number of nitrogens with one attached hydrogen (secondary N) is 1. The summed E-state index contributed by atoms with van der Waals surface area (Å²) in [6.07, 6.45) is 1.47. The number of methoxy groups -OCH3 is 1. The van der Waals surface area contributed by atoms with Gasteiger partial charge in [0.15, 0.2) is 0 Å². The van der Waals surface area contributed by atoms with E-state index in [4.69, 9.17) is 4.74 Å². The fraction of sp³-hybridized carbons (Fsp3) is 0.417. The molecule has 106 valence electrons. The van der Waals surface area contributed by atoms with Gasteiger partial charge in [-0.1, -0.05) is 0 Å². The van der Waals surface area contributed by atoms with Gasteiger partial charge in [0.2, 0.25) is 0 Å². The van der Waals surface area contributed by atoms with E-state index < -0.39 is 15.7 Å². The van der Waals surface area contributed by atoms with Crippen molar-refractivity contribution in [1.82, 2.24) is 5.32 Å². The summed E-state index contributed by atoms with van der Waals surface area (Å²) in [5, 5.41) is 12.1. The molecule has 2 N–H and O–H groups in total. The Kier molecular flexibility index (Phi) is 5.17. The fourth-order valence-electron chi connectivity index (χ4n) is 1.46. The number of carbonyl (C=O) groups is 1. The van der Waals surface area contributed by atoms with Crippen LogP contribution in [0.15, 0.2) is 18.2 Å². The van der Waals surface area contributed by atoms with Crippen LogP contribution in [0.3, 0.4) is 0 Å². The molecule has 0 unspecified atom stereocenters. The van der Waals surface area contributed by atoms with Crippen molar-refractivity contribution >= 4 is 15.7 Å². The summed E-state index contributed by atoms with van der Waals surface area (Å²) >= 11 is 0. The Labute approximate surface area is 112 Å². The van der Waals surface area contributed by atoms with Crippen molar-refractivity contribution in [3.63, 3.8) is 0 Å². The van der Waals surface area contributed by atoms with E-state index in [-0.39, 0.29) is 23.6 Å². The molecule has 0 saturated carbocycles. The van der Waals surface area contributed by atoms with Crippen LogP contribution in [0.4, 0.5) is 0 Å². The summed E-state index contributed by atoms with van der Waals surface area (Å²) in [7, 11) is -1.57. The highest BCUT2D eigenvalue weighted by Crippen LogP contribution is 2.22. The van der Waals surface area contributed by atoms with E-state index in [1.54, 1.807) is 0 Å². The number of carbonyl (C=O) groups excluding carboxylic acids is 1. The summed E-state index contributed by atoms with van der Waals surface area (Å²) in [4.78, 5) is 11.8. The maximum Gasteiger partial charge on any atom is 0.255 e. The Bertz CT molecular complexity index is 553. The maximum absolute atomic E-state index is 11.8. The fourth-order valence-corrected chi connectivity index (χ4v) is 2.12. The smallest absolute Gasteiger partial charge is 0.255 e. The maximum atomic E-state index is 11.8. The zero-order chi connectivity index (χ0) is 14.5. The van der Waals surface area contributed by atoms with Gasteiger partial charge in [-0.3, -0.25) is 4.79 Å². The molecule has 0 aliphatic carbocycles. The highest BCUT2D eigenvalue weighted by atomic mass is 32.2. The average molecular weight is 287 g/mol. The summed E-state index contributed by atoms with van der Waals surface area (Å²) < 4.78 is 26.8. The van der Waals surface area contributed by atoms with Gasteiger partial charge < -0.3 is 15.2 Å². The highest BCUT2D eigenvalue weighted by molar-refractivity contribution is 7.90. The molecule has 0 aliphatic rings. The number of amides is 1. The molecule has 1 amide bonds. The minimum Gasteiger partial charge on any atom is -0.507 e. The number of phenolic OH excluding ortho intramolecular Hbond substituents is 1. The third-order valence-electron chi connectivity index (χ3n) is 2.43. The molecule has 0 aromatic heterocycles. The third-order valence-corrected chi connectivity index (χ3v) is 3.46. The lowest BCUT2D eigenvalue weighted by atomic mass is 10.1. The summed E-state index contributed by atoms with van der Waals surface area (Å²) in [5.41, 5.74) is 0.0960. The van der Waals surface area contributed by atoms with Crippen LogP contribution in [0.25, 0.3) is 0 Å². The van der Waals surface area contributed by atoms with Crippen molar-refractivity contribution in [3.05, 3.63) is 23.8 Å². The predicted octanol–water partition coefficient (Wildman–Crippen LogP) is 0.565. The second-order valence-corrected chi connectivity index (χ2v) is 6.38. The van der Waals surface area contributed by atoms with E-state index >= 15 is 0 Å². The van der Waals surface area contributed by atoms with Gasteiger partial charge in [0.05, 0.1) is 18.4 Å². The van der Waals surface area contributed by atoms with Crippen LogP contribution in [0.5, 0.6) is 11.5 Å². The minimum absolute atomic E-state index is 0.0113. The lowest BCUT2D eigenvalue weighted by Gasteiger charge is -2.08. The molecule has 0 radical (unpaired) electrons. The van der Waals surface area contributed by atoms with E-state index in [1.165, 1.54) is 25.3 Å². The van der Waals surface area contributed by atoms with Gasteiger partial charge in [0, 0.05) is 12.8 Å². The normalized spacial score (nSPS) is 11.1. The number of sulfone groups is 1. The topological polar surface area (TPSA) is 92.7 Å². The number of hydrogen-bond acceptors (Lipinski definition) is 5. The largest absolute Gasteiger partial charge is 0.507 e. The summed E-state index contributed by atoms with van der Waals surface area (Å²) in [5.74, 6) is -0.150. The molecule has 0 aliphatic heterocycles. The number of ether oxygens (including phenoxy) is 1. The third kappa shape index (κ3) is 5.17. The van der Waals surface area contributed by atoms with E-state index in [2.05, 4.69) is 5.32 Å². The van der Waals surface area contributed by atoms with Crippen LogP contribution in [-0.4, -0.2) is 45.1 Å². The van der Waals surface area contributed by atoms with Gasteiger partial charge in [0.1, 0.15) is 21.3 Å². The van der Waals surface area contributed by atoms with Crippen LogP contribution in [-0.2, 0) is 9.84 Å². The summed E-state index contributed by atoms with van der Waals surface area (Å²) in [6, 6.07) is 4.32. The van der Waals surface area contributed by atoms with E-state index in [0.29, 0.717) is 12.2 Å². The first kappa shape index (κ1) is 15.3. The van der Waals surface area contributed by atoms with Gasteiger partial charge in [-0.15, -0.1) is 0 Å². The van der Waals surface area contributed by atoms with Crippen LogP contribution in [0.2, 0.25) is 0 Å². The van der Waals surface area contributed by atoms with Crippen LogP contribution in [0, 0.1) is 0 Å². The zero-order valence-electron chi connectivity index (χ0n) is 10.8. The summed E-state index contributed by atoms with van der Waals surface area (Å²) in [6.45, 7) is 0.225. The SMILES string of the molecule is COc1ccc(O)c(C(=O)NCCCS(C)(=O)=O)c1. The zero-order valence-corrected chi connectivity index (χ0v) is 11.7. The first-order valence-corrected chi connectivity index (χ1v) is 7.72. The molecule has 0 heterocycles.